The Balaban J connectivity index is 1.94. The second-order valence-corrected chi connectivity index (χ2v) is 6.97. The second kappa shape index (κ2) is 5.80. The number of aryl methyl sites for hydroxylation is 2. The summed E-state index contributed by atoms with van der Waals surface area (Å²) in [5.74, 6) is 0.478. The van der Waals surface area contributed by atoms with Crippen molar-refractivity contribution in [2.24, 2.45) is 5.73 Å². The molecule has 2 aromatic heterocycles. The van der Waals surface area contributed by atoms with E-state index in [0.717, 1.165) is 21.8 Å². The number of nitriles is 1. The van der Waals surface area contributed by atoms with Crippen molar-refractivity contribution in [1.29, 1.82) is 5.26 Å². The molecule has 0 unspecified atom stereocenters. The zero-order chi connectivity index (χ0) is 17.6. The van der Waals surface area contributed by atoms with Crippen LogP contribution in [0.1, 0.15) is 27.6 Å². The lowest BCUT2D eigenvalue weighted by atomic mass is 9.89. The number of nitrogens with zero attached hydrogens (tertiary/aromatic N) is 3. The van der Waals surface area contributed by atoms with E-state index < -0.39 is 0 Å². The fraction of sp³-hybridized carbons (Fsp3) is 0.158. The predicted octanol–water partition coefficient (Wildman–Crippen LogP) is 3.77. The molecule has 0 saturated heterocycles. The summed E-state index contributed by atoms with van der Waals surface area (Å²) in [5, 5.41) is 16.3. The number of hydrogen-bond acceptors (Lipinski definition) is 5. The lowest BCUT2D eigenvalue weighted by Gasteiger charge is -2.23. The molecule has 6 heteroatoms. The van der Waals surface area contributed by atoms with Crippen LogP contribution in [0.15, 0.2) is 53.2 Å². The van der Waals surface area contributed by atoms with Crippen molar-refractivity contribution in [1.82, 2.24) is 9.78 Å². The van der Waals surface area contributed by atoms with Crippen LogP contribution in [-0.4, -0.2) is 9.78 Å². The van der Waals surface area contributed by atoms with Crippen LogP contribution in [-0.2, 0) is 0 Å². The van der Waals surface area contributed by atoms with Crippen molar-refractivity contribution < 1.29 is 4.74 Å². The Hall–Kier alpha value is -3.04. The van der Waals surface area contributed by atoms with E-state index in [1.54, 1.807) is 16.0 Å². The van der Waals surface area contributed by atoms with Crippen LogP contribution in [0.25, 0.3) is 5.69 Å². The Labute approximate surface area is 149 Å². The number of rotatable bonds is 2. The fourth-order valence-electron chi connectivity index (χ4n) is 3.12. The highest BCUT2D eigenvalue weighted by Crippen LogP contribution is 2.45. The maximum atomic E-state index is 9.61. The Morgan fingerprint density at radius 3 is 2.64 bits per heavy atom. The molecular formula is C19H16N4OS. The van der Waals surface area contributed by atoms with Gasteiger partial charge in [-0.3, -0.25) is 0 Å². The van der Waals surface area contributed by atoms with Gasteiger partial charge in [0.05, 0.1) is 22.9 Å². The van der Waals surface area contributed by atoms with Gasteiger partial charge in [-0.1, -0.05) is 23.8 Å². The van der Waals surface area contributed by atoms with E-state index in [1.165, 1.54) is 5.56 Å². The van der Waals surface area contributed by atoms with Crippen LogP contribution in [0, 0.1) is 25.2 Å². The van der Waals surface area contributed by atoms with Gasteiger partial charge < -0.3 is 10.5 Å². The molecule has 25 heavy (non-hydrogen) atoms. The van der Waals surface area contributed by atoms with Crippen molar-refractivity contribution in [3.05, 3.63) is 74.9 Å². The number of allylic oxidation sites excluding steroid dienone is 1. The molecule has 4 rings (SSSR count). The lowest BCUT2D eigenvalue weighted by molar-refractivity contribution is 0.367. The molecule has 0 radical (unpaired) electrons. The number of fused-ring (bicyclic) bond motifs is 1. The van der Waals surface area contributed by atoms with Crippen LogP contribution in [0.3, 0.4) is 0 Å². The molecular weight excluding hydrogens is 332 g/mol. The fourth-order valence-corrected chi connectivity index (χ4v) is 3.96. The quantitative estimate of drug-likeness (QED) is 0.765. The molecule has 1 aliphatic heterocycles. The summed E-state index contributed by atoms with van der Waals surface area (Å²) in [6.45, 7) is 3.97. The summed E-state index contributed by atoms with van der Waals surface area (Å²) in [4.78, 5) is 1.05. The van der Waals surface area contributed by atoms with Crippen molar-refractivity contribution in [2.45, 2.75) is 19.8 Å². The van der Waals surface area contributed by atoms with E-state index >= 15 is 0 Å². The predicted molar refractivity (Wildman–Crippen MR) is 96.7 cm³/mol. The van der Waals surface area contributed by atoms with E-state index in [4.69, 9.17) is 10.5 Å². The Bertz CT molecular complexity index is 1010. The maximum Gasteiger partial charge on any atom is 0.229 e. The van der Waals surface area contributed by atoms with E-state index in [0.29, 0.717) is 11.5 Å². The number of ether oxygens (including phenoxy) is 1. The van der Waals surface area contributed by atoms with E-state index in [1.807, 2.05) is 55.6 Å². The van der Waals surface area contributed by atoms with Crippen LogP contribution >= 0.6 is 11.3 Å². The van der Waals surface area contributed by atoms with Gasteiger partial charge in [0.15, 0.2) is 0 Å². The lowest BCUT2D eigenvalue weighted by Crippen LogP contribution is -2.21. The molecule has 0 amide bonds. The summed E-state index contributed by atoms with van der Waals surface area (Å²) in [5.41, 5.74) is 10.3. The van der Waals surface area contributed by atoms with Gasteiger partial charge in [-0.25, -0.2) is 4.68 Å². The first-order valence-electron chi connectivity index (χ1n) is 7.87. The second-order valence-electron chi connectivity index (χ2n) is 5.99. The number of aromatic nitrogens is 2. The van der Waals surface area contributed by atoms with Gasteiger partial charge in [0, 0.05) is 4.88 Å². The molecule has 0 saturated carbocycles. The summed E-state index contributed by atoms with van der Waals surface area (Å²) in [6, 6.07) is 14.2. The van der Waals surface area contributed by atoms with Gasteiger partial charge in [-0.2, -0.15) is 10.4 Å². The SMILES string of the molecule is Cc1ccc(-n2nc(C)c3c2OC(N)=C(C#N)[C@H]3c2cccs2)cc1. The third-order valence-corrected chi connectivity index (χ3v) is 5.28. The molecule has 0 spiro atoms. The van der Waals surface area contributed by atoms with Crippen molar-refractivity contribution in [2.75, 3.05) is 0 Å². The highest BCUT2D eigenvalue weighted by Gasteiger charge is 2.36. The summed E-state index contributed by atoms with van der Waals surface area (Å²) in [7, 11) is 0. The first-order chi connectivity index (χ1) is 12.1. The highest BCUT2D eigenvalue weighted by atomic mass is 32.1. The Morgan fingerprint density at radius 2 is 2.00 bits per heavy atom. The summed E-state index contributed by atoms with van der Waals surface area (Å²) < 4.78 is 7.60. The van der Waals surface area contributed by atoms with Gasteiger partial charge in [0.1, 0.15) is 11.6 Å². The smallest absolute Gasteiger partial charge is 0.229 e. The third-order valence-electron chi connectivity index (χ3n) is 4.34. The number of thiophene rings is 1. The summed E-state index contributed by atoms with van der Waals surface area (Å²) >= 11 is 1.60. The van der Waals surface area contributed by atoms with E-state index in [2.05, 4.69) is 11.2 Å². The van der Waals surface area contributed by atoms with Gasteiger partial charge in [-0.05, 0) is 37.4 Å². The van der Waals surface area contributed by atoms with Gasteiger partial charge in [0.2, 0.25) is 11.8 Å². The molecule has 0 fully saturated rings. The van der Waals surface area contributed by atoms with E-state index in [9.17, 15) is 5.26 Å². The third kappa shape index (κ3) is 2.41. The minimum absolute atomic E-state index is 0.140. The van der Waals surface area contributed by atoms with Crippen molar-refractivity contribution in [3.63, 3.8) is 0 Å². The maximum absolute atomic E-state index is 9.61. The van der Waals surface area contributed by atoms with Crippen LogP contribution < -0.4 is 10.5 Å². The zero-order valence-electron chi connectivity index (χ0n) is 13.9. The first-order valence-corrected chi connectivity index (χ1v) is 8.75. The van der Waals surface area contributed by atoms with E-state index in [-0.39, 0.29) is 11.8 Å². The van der Waals surface area contributed by atoms with Crippen molar-refractivity contribution >= 4 is 11.3 Å². The minimum atomic E-state index is -0.243. The number of nitrogens with two attached hydrogens (primary N) is 1. The largest absolute Gasteiger partial charge is 0.422 e. The standard InChI is InChI=1S/C19H16N4OS/c1-11-5-7-13(8-6-11)23-19-16(12(2)22-23)17(15-4-3-9-25-15)14(10-20)18(21)24-19/h3-9,17H,21H2,1-2H3/t17-/m0/s1. The molecule has 3 heterocycles. The first kappa shape index (κ1) is 15.5. The summed E-state index contributed by atoms with van der Waals surface area (Å²) in [6.07, 6.45) is 0. The van der Waals surface area contributed by atoms with Crippen LogP contribution in [0.2, 0.25) is 0 Å². The molecule has 0 bridgehead atoms. The zero-order valence-corrected chi connectivity index (χ0v) is 14.7. The molecule has 1 aromatic carbocycles. The normalized spacial score (nSPS) is 16.3. The average Bonchev–Trinajstić information content (AvgIpc) is 3.23. The van der Waals surface area contributed by atoms with Gasteiger partial charge >= 0.3 is 0 Å². The Kier molecular flexibility index (Phi) is 3.59. The van der Waals surface area contributed by atoms with Gasteiger partial charge in [0.25, 0.3) is 0 Å². The van der Waals surface area contributed by atoms with Crippen LogP contribution in [0.4, 0.5) is 0 Å². The molecule has 3 aromatic rings. The average molecular weight is 348 g/mol. The molecule has 124 valence electrons. The molecule has 1 aliphatic rings. The molecule has 2 N–H and O–H groups in total. The number of hydrogen-bond donors (Lipinski definition) is 1. The topological polar surface area (TPSA) is 76.9 Å². The van der Waals surface area contributed by atoms with Crippen molar-refractivity contribution in [3.8, 4) is 17.6 Å². The monoisotopic (exact) mass is 348 g/mol. The molecule has 1 atom stereocenters. The number of benzene rings is 1. The molecule has 5 nitrogen and oxygen atoms in total. The minimum Gasteiger partial charge on any atom is -0.422 e. The highest BCUT2D eigenvalue weighted by molar-refractivity contribution is 7.10. The van der Waals surface area contributed by atoms with Gasteiger partial charge in [-0.15, -0.1) is 11.3 Å². The molecule has 0 aliphatic carbocycles. The Morgan fingerprint density at radius 1 is 1.24 bits per heavy atom. The van der Waals surface area contributed by atoms with Crippen LogP contribution in [0.5, 0.6) is 5.88 Å².